The average molecular weight is 1310 g/mol. The molecule has 1 aliphatic carbocycles. The van der Waals surface area contributed by atoms with Crippen LogP contribution in [0.2, 0.25) is 0 Å². The lowest BCUT2D eigenvalue weighted by atomic mass is 9.58. The Balaban J connectivity index is 0.687. The molecule has 10 heteroatoms. The van der Waals surface area contributed by atoms with Gasteiger partial charge in [0.2, 0.25) is 17.7 Å². The molecule has 1 saturated carbocycles. The van der Waals surface area contributed by atoms with Gasteiger partial charge in [0.1, 0.15) is 6.23 Å². The third-order valence-corrected chi connectivity index (χ3v) is 22.2. The van der Waals surface area contributed by atoms with E-state index in [0.29, 0.717) is 11.4 Å². The SMILES string of the molecule is O=C1C2C(C(=O)N1c1cc(-c3ccc4c(c3)c3ccccc3n4-c3ccccc3)cc(-c3ccc4c(c3)c3ccccc3n4-c3ccccc3)c1)C1C2C(=O)N(c2cc(-c3ccc4c(c3)c3ccccc3n4-c3ccccc3)cc(-c3ccc4c(c3)c3ccccc3n4-c3ccccc3)c2)C1O. The lowest BCUT2D eigenvalue weighted by Crippen LogP contribution is -2.51. The molecule has 482 valence electrons. The molecule has 10 nitrogen and oxygen atoms in total. The maximum atomic E-state index is 15.8. The fraction of sp³-hybridized carbons (Fsp3) is 0.0543. The predicted octanol–water partition coefficient (Wildman–Crippen LogP) is 20.5. The Labute approximate surface area is 585 Å². The number of nitrogens with zero attached hydrogens (tertiary/aromatic N) is 6. The molecule has 3 aliphatic rings. The summed E-state index contributed by atoms with van der Waals surface area (Å²) in [7, 11) is 0. The average Bonchev–Trinajstić information content (AvgIpc) is 1.52. The maximum absolute atomic E-state index is 15.8. The highest BCUT2D eigenvalue weighted by molar-refractivity contribution is 6.26. The van der Waals surface area contributed by atoms with Crippen LogP contribution in [0.15, 0.2) is 328 Å². The van der Waals surface area contributed by atoms with Crippen LogP contribution in [0.4, 0.5) is 11.4 Å². The van der Waals surface area contributed by atoms with E-state index in [1.54, 1.807) is 0 Å². The molecule has 102 heavy (non-hydrogen) atoms. The molecule has 0 bridgehead atoms. The maximum Gasteiger partial charge on any atom is 0.238 e. The summed E-state index contributed by atoms with van der Waals surface area (Å²) in [6.45, 7) is 0. The summed E-state index contributed by atoms with van der Waals surface area (Å²) in [5, 5.41) is 21.7. The van der Waals surface area contributed by atoms with Crippen LogP contribution in [-0.4, -0.2) is 47.3 Å². The molecule has 6 heterocycles. The van der Waals surface area contributed by atoms with Crippen LogP contribution in [0.3, 0.4) is 0 Å². The van der Waals surface area contributed by atoms with Gasteiger partial charge in [0.05, 0.1) is 67.6 Å². The van der Waals surface area contributed by atoms with E-state index in [1.165, 1.54) is 9.80 Å². The van der Waals surface area contributed by atoms with Gasteiger partial charge in [0.25, 0.3) is 0 Å². The van der Waals surface area contributed by atoms with Crippen molar-refractivity contribution in [1.29, 1.82) is 0 Å². The number of aliphatic hydroxyl groups excluding tert-OH is 1. The minimum absolute atomic E-state index is 0.386. The molecule has 21 rings (SSSR count). The first kappa shape index (κ1) is 57.9. The minimum Gasteiger partial charge on any atom is -0.373 e. The van der Waals surface area contributed by atoms with Crippen LogP contribution < -0.4 is 9.80 Å². The summed E-state index contributed by atoms with van der Waals surface area (Å²) in [6, 6.07) is 114. The van der Waals surface area contributed by atoms with Crippen LogP contribution >= 0.6 is 0 Å². The molecule has 3 fully saturated rings. The van der Waals surface area contributed by atoms with Crippen molar-refractivity contribution in [3.8, 4) is 67.3 Å². The lowest BCUT2D eigenvalue weighted by Gasteiger charge is -2.39. The summed E-state index contributed by atoms with van der Waals surface area (Å²) < 4.78 is 9.17. The highest BCUT2D eigenvalue weighted by Crippen LogP contribution is 2.60. The zero-order valence-corrected chi connectivity index (χ0v) is 54.9. The quantitative estimate of drug-likeness (QED) is 0.138. The Morgan fingerprint density at radius 3 is 0.804 bits per heavy atom. The smallest absolute Gasteiger partial charge is 0.238 e. The van der Waals surface area contributed by atoms with Crippen LogP contribution in [0, 0.1) is 23.7 Å². The minimum atomic E-state index is -1.42. The molecule has 4 aromatic heterocycles. The Morgan fingerprint density at radius 1 is 0.216 bits per heavy atom. The Hall–Kier alpha value is -13.2. The van der Waals surface area contributed by atoms with E-state index in [2.05, 4.69) is 297 Å². The van der Waals surface area contributed by atoms with Crippen molar-refractivity contribution in [3.05, 3.63) is 328 Å². The first-order valence-corrected chi connectivity index (χ1v) is 34.8. The monoisotopic (exact) mass is 1310 g/mol. The number of hydrogen-bond donors (Lipinski definition) is 1. The van der Waals surface area contributed by atoms with Gasteiger partial charge in [-0.15, -0.1) is 0 Å². The lowest BCUT2D eigenvalue weighted by molar-refractivity contribution is -0.145. The number of hydrogen-bond acceptors (Lipinski definition) is 4. The van der Waals surface area contributed by atoms with Gasteiger partial charge >= 0.3 is 0 Å². The van der Waals surface area contributed by atoms with Crippen molar-refractivity contribution >= 4 is 116 Å². The zero-order chi connectivity index (χ0) is 67.6. The zero-order valence-electron chi connectivity index (χ0n) is 54.9. The topological polar surface area (TPSA) is 97.6 Å². The number of benzene rings is 14. The van der Waals surface area contributed by atoms with Gasteiger partial charge in [-0.1, -0.05) is 170 Å². The summed E-state index contributed by atoms with van der Waals surface area (Å²) in [6.07, 6.45) is -1.42. The van der Waals surface area contributed by atoms with Crippen LogP contribution in [-0.2, 0) is 14.4 Å². The second-order valence-electron chi connectivity index (χ2n) is 27.5. The summed E-state index contributed by atoms with van der Waals surface area (Å²) in [4.78, 5) is 50.0. The molecule has 0 radical (unpaired) electrons. The number of anilines is 2. The second kappa shape index (κ2) is 22.2. The Bertz CT molecular complexity index is 6230. The van der Waals surface area contributed by atoms with Gasteiger partial charge in [0, 0.05) is 77.4 Å². The van der Waals surface area contributed by atoms with Gasteiger partial charge in [-0.2, -0.15) is 0 Å². The summed E-state index contributed by atoms with van der Waals surface area (Å²) in [5.74, 6) is -4.99. The summed E-state index contributed by atoms with van der Waals surface area (Å²) >= 11 is 0. The molecule has 2 aliphatic heterocycles. The first-order chi connectivity index (χ1) is 50.3. The molecule has 1 N–H and O–H groups in total. The van der Waals surface area contributed by atoms with Crippen LogP contribution in [0.25, 0.3) is 154 Å². The van der Waals surface area contributed by atoms with E-state index in [9.17, 15) is 5.11 Å². The number of aliphatic hydroxyl groups is 1. The number of carbonyl (C=O) groups is 3. The Kier molecular flexibility index (Phi) is 12.6. The highest BCUT2D eigenvalue weighted by Gasteiger charge is 2.73. The fourth-order valence-electron chi connectivity index (χ4n) is 17.7. The van der Waals surface area contributed by atoms with Crippen molar-refractivity contribution in [2.24, 2.45) is 23.7 Å². The third-order valence-electron chi connectivity index (χ3n) is 22.2. The van der Waals surface area contributed by atoms with E-state index in [1.807, 2.05) is 48.5 Å². The third kappa shape index (κ3) is 8.47. The number of rotatable bonds is 10. The van der Waals surface area contributed by atoms with Gasteiger partial charge in [-0.25, -0.2) is 4.90 Å². The van der Waals surface area contributed by atoms with Crippen LogP contribution in [0.1, 0.15) is 0 Å². The molecule has 0 spiro atoms. The van der Waals surface area contributed by atoms with Gasteiger partial charge in [0.15, 0.2) is 0 Å². The molecule has 5 unspecified atom stereocenters. The van der Waals surface area contributed by atoms with Gasteiger partial charge < -0.3 is 23.4 Å². The standard InChI is InChI=1S/C92H60N6O4/c99-89-85-86(90(100)97(89)67-47-59(55-37-41-81-73(51-55)69-29-13-17-33-77(69)93(81)63-21-5-1-6-22-63)45-60(48-67)56-38-42-82-74(52-56)70-30-14-18-34-78(70)94(82)64-23-7-2-8-24-64)88-87(85)91(101)98(92(88)102)68-49-61(57-39-43-83-75(53-57)71-31-15-19-35-79(71)95(83)65-25-9-3-10-26-65)46-62(50-68)58-40-44-84-76(54-58)72-32-16-20-36-80(72)96(84)66-27-11-4-12-28-66/h1-54,85-89,99H. The van der Waals surface area contributed by atoms with Crippen molar-refractivity contribution in [2.45, 2.75) is 6.23 Å². The molecule has 3 amide bonds. The van der Waals surface area contributed by atoms with Crippen molar-refractivity contribution < 1.29 is 19.5 Å². The van der Waals surface area contributed by atoms with E-state index in [4.69, 9.17) is 0 Å². The number of aromatic nitrogens is 4. The van der Waals surface area contributed by atoms with E-state index in [0.717, 1.165) is 154 Å². The number of fused-ring (bicyclic) bond motifs is 16. The molecular formula is C92H60N6O4. The van der Waals surface area contributed by atoms with E-state index in [-0.39, 0.29) is 5.91 Å². The van der Waals surface area contributed by atoms with Gasteiger partial charge in [-0.05, 0) is 202 Å². The molecule has 5 atom stereocenters. The molecular weight excluding hydrogens is 1250 g/mol. The largest absolute Gasteiger partial charge is 0.373 e. The van der Waals surface area contributed by atoms with Crippen LogP contribution in [0.5, 0.6) is 0 Å². The summed E-state index contributed by atoms with van der Waals surface area (Å²) in [5.41, 5.74) is 20.6. The highest BCUT2D eigenvalue weighted by atomic mass is 16.3. The second-order valence-corrected chi connectivity index (χ2v) is 27.5. The van der Waals surface area contributed by atoms with Crippen molar-refractivity contribution in [1.82, 2.24) is 18.3 Å². The van der Waals surface area contributed by atoms with Gasteiger partial charge in [-0.3, -0.25) is 19.3 Å². The number of amides is 3. The molecule has 2 saturated heterocycles. The number of carbonyl (C=O) groups excluding carboxylic acids is 3. The first-order valence-electron chi connectivity index (χ1n) is 34.8. The van der Waals surface area contributed by atoms with Crippen molar-refractivity contribution in [2.75, 3.05) is 9.80 Å². The fourth-order valence-corrected chi connectivity index (χ4v) is 17.7. The predicted molar refractivity (Wildman–Crippen MR) is 412 cm³/mol. The Morgan fingerprint density at radius 2 is 0.480 bits per heavy atom. The van der Waals surface area contributed by atoms with E-state index >= 15 is 14.4 Å². The number of imide groups is 1. The molecule has 14 aromatic carbocycles. The number of para-hydroxylation sites is 8. The van der Waals surface area contributed by atoms with Crippen molar-refractivity contribution in [3.63, 3.8) is 0 Å². The van der Waals surface area contributed by atoms with E-state index < -0.39 is 41.7 Å². The molecule has 18 aromatic rings. The normalized spacial score (nSPS) is 17.4.